The summed E-state index contributed by atoms with van der Waals surface area (Å²) < 4.78 is 1.64. The van der Waals surface area contributed by atoms with E-state index >= 15 is 0 Å². The second-order valence-electron chi connectivity index (χ2n) is 10.8. The Morgan fingerprint density at radius 3 is 2.84 bits per heavy atom. The summed E-state index contributed by atoms with van der Waals surface area (Å²) in [5, 5.41) is 8.90. The first-order chi connectivity index (χ1) is 18.4. The summed E-state index contributed by atoms with van der Waals surface area (Å²) >= 11 is 12.3. The molecule has 1 saturated heterocycles. The molecule has 2 unspecified atom stereocenters. The number of piperazine rings is 1. The molecular formula is C29H36Cl2N6O. The molecule has 1 aliphatic heterocycles. The molecule has 2 heterocycles. The second-order valence-corrected chi connectivity index (χ2v) is 11.6. The number of halogens is 2. The van der Waals surface area contributed by atoms with Crippen molar-refractivity contribution in [1.29, 1.82) is 0 Å². The van der Waals surface area contributed by atoms with Gasteiger partial charge in [0.15, 0.2) is 5.96 Å². The van der Waals surface area contributed by atoms with Crippen LogP contribution in [0.2, 0.25) is 10.0 Å². The maximum Gasteiger partial charge on any atom is 0.261 e. The summed E-state index contributed by atoms with van der Waals surface area (Å²) in [6.07, 6.45) is 7.03. The summed E-state index contributed by atoms with van der Waals surface area (Å²) in [7, 11) is 0. The number of aryl methyl sites for hydroxylation is 2. The molecule has 7 nitrogen and oxygen atoms in total. The van der Waals surface area contributed by atoms with E-state index in [1.54, 1.807) is 17.0 Å². The van der Waals surface area contributed by atoms with E-state index in [-0.39, 0.29) is 5.56 Å². The van der Waals surface area contributed by atoms with Crippen LogP contribution in [0.3, 0.4) is 0 Å². The van der Waals surface area contributed by atoms with Crippen LogP contribution >= 0.6 is 23.2 Å². The van der Waals surface area contributed by atoms with Crippen molar-refractivity contribution in [3.8, 4) is 0 Å². The number of nitrogens with one attached hydrogen (secondary N) is 2. The average Bonchev–Trinajstić information content (AvgIpc) is 2.89. The van der Waals surface area contributed by atoms with Crippen molar-refractivity contribution in [2.45, 2.75) is 64.6 Å². The zero-order valence-electron chi connectivity index (χ0n) is 22.1. The van der Waals surface area contributed by atoms with Gasteiger partial charge in [0.1, 0.15) is 0 Å². The summed E-state index contributed by atoms with van der Waals surface area (Å²) in [5.41, 5.74) is 2.45. The number of hydrogen-bond acceptors (Lipinski definition) is 4. The van der Waals surface area contributed by atoms with Gasteiger partial charge < -0.3 is 15.5 Å². The number of nitrogens with zero attached hydrogens (tertiary/aromatic N) is 4. The topological polar surface area (TPSA) is 74.5 Å². The Hall–Kier alpha value is -2.61. The lowest BCUT2D eigenvalue weighted by Gasteiger charge is -2.35. The van der Waals surface area contributed by atoms with Crippen molar-refractivity contribution in [3.63, 3.8) is 0 Å². The van der Waals surface area contributed by atoms with Crippen LogP contribution in [0.1, 0.15) is 45.1 Å². The molecule has 0 spiro atoms. The Morgan fingerprint density at radius 1 is 1.18 bits per heavy atom. The fourth-order valence-corrected chi connectivity index (χ4v) is 6.00. The summed E-state index contributed by atoms with van der Waals surface area (Å²) in [4.78, 5) is 25.4. The van der Waals surface area contributed by atoms with Crippen LogP contribution in [0.5, 0.6) is 0 Å². The highest BCUT2D eigenvalue weighted by Gasteiger charge is 2.23. The molecule has 2 fully saturated rings. The molecule has 0 radical (unpaired) electrons. The Bertz CT molecular complexity index is 1370. The minimum Gasteiger partial charge on any atom is -0.340 e. The minimum atomic E-state index is -0.0624. The van der Waals surface area contributed by atoms with Gasteiger partial charge >= 0.3 is 0 Å². The molecule has 202 valence electrons. The molecule has 2 aromatic carbocycles. The fourth-order valence-electron chi connectivity index (χ4n) is 5.50. The molecule has 5 rings (SSSR count). The molecule has 38 heavy (non-hydrogen) atoms. The van der Waals surface area contributed by atoms with Crippen LogP contribution in [0.15, 0.2) is 52.5 Å². The van der Waals surface area contributed by atoms with Crippen LogP contribution in [0, 0.1) is 5.92 Å². The van der Waals surface area contributed by atoms with Gasteiger partial charge in [0.25, 0.3) is 5.56 Å². The lowest BCUT2D eigenvalue weighted by atomic mass is 9.87. The number of anilines is 1. The van der Waals surface area contributed by atoms with Crippen molar-refractivity contribution in [2.75, 3.05) is 25.0 Å². The third-order valence-corrected chi connectivity index (χ3v) is 8.19. The first-order valence-corrected chi connectivity index (χ1v) is 14.4. The highest BCUT2D eigenvalue weighted by atomic mass is 35.5. The van der Waals surface area contributed by atoms with E-state index < -0.39 is 0 Å². The van der Waals surface area contributed by atoms with Crippen molar-refractivity contribution >= 4 is 45.8 Å². The van der Waals surface area contributed by atoms with Crippen LogP contribution in [0.4, 0.5) is 5.69 Å². The number of rotatable bonds is 5. The molecule has 2 aliphatic rings. The van der Waals surface area contributed by atoms with Crippen LogP contribution in [0.25, 0.3) is 10.9 Å². The summed E-state index contributed by atoms with van der Waals surface area (Å²) in [6.45, 7) is 7.77. The Kier molecular flexibility index (Phi) is 8.56. The normalized spacial score (nSPS) is 22.6. The largest absolute Gasteiger partial charge is 0.340 e. The predicted octanol–water partition coefficient (Wildman–Crippen LogP) is 5.59. The molecular weight excluding hydrogens is 519 g/mol. The van der Waals surface area contributed by atoms with Crippen LogP contribution < -0.4 is 16.2 Å². The van der Waals surface area contributed by atoms with E-state index in [1.165, 1.54) is 12.8 Å². The van der Waals surface area contributed by atoms with Crippen LogP contribution in [-0.4, -0.2) is 52.1 Å². The maximum atomic E-state index is 13.2. The SMILES string of the molecule is CC1CCCC(/N=C(/Nc2ccc3c(=O)n(CCc4ccc(Cl)cc4Cl)cnc3c2)N2CCN[C@@H](C)C2)C1. The number of fused-ring (bicyclic) bond motifs is 1. The first kappa shape index (κ1) is 27.0. The number of hydrogen-bond donors (Lipinski definition) is 2. The number of aromatic nitrogens is 2. The standard InChI is InChI=1S/C29H36Cl2N6O/c1-19-4-3-5-23(14-19)34-29(36-13-11-32-20(2)17-36)35-24-8-9-25-27(16-24)33-18-37(28(25)38)12-10-21-6-7-22(30)15-26(21)31/h6-9,15-16,18-20,23,32H,3-5,10-14,17H2,1-2H3,(H,34,35)/t19?,20-,23?/m0/s1. The molecule has 1 aliphatic carbocycles. The van der Waals surface area contributed by atoms with Crippen molar-refractivity contribution < 1.29 is 0 Å². The number of guanidine groups is 1. The van der Waals surface area contributed by atoms with Gasteiger partial charge in [-0.25, -0.2) is 9.98 Å². The van der Waals surface area contributed by atoms with E-state index in [2.05, 4.69) is 34.4 Å². The second kappa shape index (κ2) is 12.1. The van der Waals surface area contributed by atoms with E-state index in [0.29, 0.717) is 51.9 Å². The van der Waals surface area contributed by atoms with Gasteiger partial charge in [-0.15, -0.1) is 0 Å². The zero-order valence-corrected chi connectivity index (χ0v) is 23.6. The summed E-state index contributed by atoms with van der Waals surface area (Å²) in [5.74, 6) is 1.63. The van der Waals surface area contributed by atoms with Gasteiger partial charge in [0, 0.05) is 48.0 Å². The summed E-state index contributed by atoms with van der Waals surface area (Å²) in [6, 6.07) is 11.9. The Balaban J connectivity index is 1.36. The Morgan fingerprint density at radius 2 is 2.05 bits per heavy atom. The number of aliphatic imine (C=N–C) groups is 1. The molecule has 0 amide bonds. The molecule has 3 atom stereocenters. The monoisotopic (exact) mass is 554 g/mol. The van der Waals surface area contributed by atoms with E-state index in [1.807, 2.05) is 30.3 Å². The third kappa shape index (κ3) is 6.50. The lowest BCUT2D eigenvalue weighted by molar-refractivity contribution is 0.296. The van der Waals surface area contributed by atoms with E-state index in [4.69, 9.17) is 28.2 Å². The van der Waals surface area contributed by atoms with Gasteiger partial charge in [0.2, 0.25) is 0 Å². The number of benzene rings is 2. The van der Waals surface area contributed by atoms with Gasteiger partial charge in [-0.3, -0.25) is 9.36 Å². The van der Waals surface area contributed by atoms with Gasteiger partial charge in [-0.1, -0.05) is 49.0 Å². The molecule has 3 aromatic rings. The van der Waals surface area contributed by atoms with Crippen molar-refractivity contribution in [2.24, 2.45) is 10.9 Å². The lowest BCUT2D eigenvalue weighted by Crippen LogP contribution is -2.53. The van der Waals surface area contributed by atoms with Gasteiger partial charge in [-0.2, -0.15) is 0 Å². The van der Waals surface area contributed by atoms with Crippen LogP contribution in [-0.2, 0) is 13.0 Å². The molecule has 9 heteroatoms. The zero-order chi connectivity index (χ0) is 26.6. The smallest absolute Gasteiger partial charge is 0.261 e. The minimum absolute atomic E-state index is 0.0624. The first-order valence-electron chi connectivity index (χ1n) is 13.6. The van der Waals surface area contributed by atoms with Gasteiger partial charge in [-0.05, 0) is 68.0 Å². The van der Waals surface area contributed by atoms with Crippen molar-refractivity contribution in [3.05, 3.63) is 68.7 Å². The average molecular weight is 556 g/mol. The van der Waals surface area contributed by atoms with E-state index in [9.17, 15) is 4.79 Å². The third-order valence-electron chi connectivity index (χ3n) is 7.60. The highest BCUT2D eigenvalue weighted by molar-refractivity contribution is 6.35. The quantitative estimate of drug-likeness (QED) is 0.317. The van der Waals surface area contributed by atoms with Crippen molar-refractivity contribution in [1.82, 2.24) is 19.8 Å². The molecule has 0 bridgehead atoms. The molecule has 1 aromatic heterocycles. The fraction of sp³-hybridized carbons (Fsp3) is 0.483. The highest BCUT2D eigenvalue weighted by Crippen LogP contribution is 2.27. The molecule has 2 N–H and O–H groups in total. The van der Waals surface area contributed by atoms with E-state index in [0.717, 1.165) is 49.7 Å². The Labute approximate surface area is 234 Å². The predicted molar refractivity (Wildman–Crippen MR) is 158 cm³/mol. The van der Waals surface area contributed by atoms with Gasteiger partial charge in [0.05, 0.1) is 23.3 Å². The maximum absolute atomic E-state index is 13.2. The molecule has 1 saturated carbocycles.